The Morgan fingerprint density at radius 3 is 2.74 bits per heavy atom. The number of amides is 1. The molecule has 0 bridgehead atoms. The number of rotatable bonds is 5. The maximum Gasteiger partial charge on any atom is 0.416 e. The van der Waals surface area contributed by atoms with Gasteiger partial charge in [0.2, 0.25) is 0 Å². The number of alkyl halides is 3. The normalized spacial score (nSPS) is 13.0. The molecule has 1 amide bonds. The molecule has 5 nitrogen and oxygen atoms in total. The minimum Gasteiger partial charge on any atom is -0.350 e. The fourth-order valence-electron chi connectivity index (χ4n) is 2.25. The van der Waals surface area contributed by atoms with Crippen molar-refractivity contribution in [1.29, 1.82) is 0 Å². The monoisotopic (exact) mass is 392 g/mol. The van der Waals surface area contributed by atoms with Gasteiger partial charge < -0.3 is 5.32 Å². The predicted octanol–water partition coefficient (Wildman–Crippen LogP) is 4.27. The maximum atomic E-state index is 12.7. The van der Waals surface area contributed by atoms with E-state index in [9.17, 15) is 18.0 Å². The number of benzene rings is 2. The lowest BCUT2D eigenvalue weighted by molar-refractivity contribution is -0.137. The van der Waals surface area contributed by atoms with E-state index in [1.165, 1.54) is 23.5 Å². The van der Waals surface area contributed by atoms with Gasteiger partial charge in [-0.3, -0.25) is 4.79 Å². The van der Waals surface area contributed by atoms with E-state index in [1.54, 1.807) is 6.92 Å². The van der Waals surface area contributed by atoms with Crippen LogP contribution in [0.25, 0.3) is 10.2 Å². The highest BCUT2D eigenvalue weighted by Crippen LogP contribution is 2.29. The third-order valence-corrected chi connectivity index (χ3v) is 4.60. The van der Waals surface area contributed by atoms with Crippen LogP contribution in [0.5, 0.6) is 0 Å². The Morgan fingerprint density at radius 1 is 1.22 bits per heavy atom. The molecule has 2 aromatic carbocycles. The number of nitrogens with zero attached hydrogens (tertiary/aromatic N) is 2. The van der Waals surface area contributed by atoms with E-state index in [0.717, 1.165) is 28.6 Å². The molecule has 0 aliphatic rings. The molecule has 1 atom stereocenters. The molecule has 0 aliphatic carbocycles. The van der Waals surface area contributed by atoms with Gasteiger partial charge in [0.05, 0.1) is 22.0 Å². The summed E-state index contributed by atoms with van der Waals surface area (Å²) in [4.78, 5) is 16.5. The van der Waals surface area contributed by atoms with Crippen LogP contribution in [0.4, 0.5) is 18.3 Å². The molecule has 3 aromatic rings. The average molecular weight is 392 g/mol. The number of fused-ring (bicyclic) bond motifs is 1. The molecule has 0 radical (unpaired) electrons. The van der Waals surface area contributed by atoms with Gasteiger partial charge in [0, 0.05) is 0 Å². The van der Waals surface area contributed by atoms with Crippen molar-refractivity contribution in [3.05, 3.63) is 59.7 Å². The SMILES string of the molecule is C[C@@H](Nc1nc2ccccc2s1)C(=O)N/N=C\c1cccc(C(F)(F)F)c1. The van der Waals surface area contributed by atoms with Gasteiger partial charge in [0.25, 0.3) is 5.91 Å². The van der Waals surface area contributed by atoms with Crippen molar-refractivity contribution in [1.82, 2.24) is 10.4 Å². The van der Waals surface area contributed by atoms with Crippen molar-refractivity contribution in [2.45, 2.75) is 19.1 Å². The first-order chi connectivity index (χ1) is 12.8. The summed E-state index contributed by atoms with van der Waals surface area (Å²) in [7, 11) is 0. The summed E-state index contributed by atoms with van der Waals surface area (Å²) in [6, 6.07) is 11.6. The number of hydrogen-bond acceptors (Lipinski definition) is 5. The van der Waals surface area contributed by atoms with Gasteiger partial charge >= 0.3 is 6.18 Å². The number of aromatic nitrogens is 1. The average Bonchev–Trinajstić information content (AvgIpc) is 3.03. The smallest absolute Gasteiger partial charge is 0.350 e. The van der Waals surface area contributed by atoms with Crippen molar-refractivity contribution >= 4 is 38.8 Å². The number of hydrazone groups is 1. The lowest BCUT2D eigenvalue weighted by atomic mass is 10.1. The van der Waals surface area contributed by atoms with Crippen LogP contribution in [-0.2, 0) is 11.0 Å². The Labute approximate surface area is 156 Å². The molecular weight excluding hydrogens is 377 g/mol. The highest BCUT2D eigenvalue weighted by molar-refractivity contribution is 7.22. The van der Waals surface area contributed by atoms with E-state index in [1.807, 2.05) is 24.3 Å². The summed E-state index contributed by atoms with van der Waals surface area (Å²) in [5, 5.41) is 7.30. The molecule has 0 spiro atoms. The molecule has 0 fully saturated rings. The second kappa shape index (κ2) is 7.75. The van der Waals surface area contributed by atoms with Gasteiger partial charge in [0.15, 0.2) is 5.13 Å². The standard InChI is InChI=1S/C18H15F3N4OS/c1-11(23-17-24-14-7-2-3-8-15(14)27-17)16(26)25-22-10-12-5-4-6-13(9-12)18(19,20)21/h2-11H,1H3,(H,23,24)(H,25,26)/b22-10-/t11-/m1/s1. The predicted molar refractivity (Wildman–Crippen MR) is 99.9 cm³/mol. The first-order valence-corrected chi connectivity index (χ1v) is 8.77. The van der Waals surface area contributed by atoms with Gasteiger partial charge in [-0.05, 0) is 36.8 Å². The summed E-state index contributed by atoms with van der Waals surface area (Å²) in [5.74, 6) is -0.433. The molecule has 140 valence electrons. The highest BCUT2D eigenvalue weighted by atomic mass is 32.1. The summed E-state index contributed by atoms with van der Waals surface area (Å²) in [6.45, 7) is 1.64. The first kappa shape index (κ1) is 18.8. The number of carbonyl (C=O) groups excluding carboxylic acids is 1. The first-order valence-electron chi connectivity index (χ1n) is 7.95. The molecular formula is C18H15F3N4OS. The van der Waals surface area contributed by atoms with E-state index in [2.05, 4.69) is 20.8 Å². The minimum absolute atomic E-state index is 0.233. The molecule has 0 aliphatic heterocycles. The number of para-hydroxylation sites is 1. The third-order valence-electron chi connectivity index (χ3n) is 3.63. The molecule has 0 unspecified atom stereocenters. The van der Waals surface area contributed by atoms with Crippen LogP contribution in [0.2, 0.25) is 0 Å². The molecule has 3 rings (SSSR count). The van der Waals surface area contributed by atoms with E-state index in [4.69, 9.17) is 0 Å². The van der Waals surface area contributed by atoms with Crippen LogP contribution < -0.4 is 10.7 Å². The van der Waals surface area contributed by atoms with E-state index < -0.39 is 23.7 Å². The van der Waals surface area contributed by atoms with Crippen LogP contribution in [0.1, 0.15) is 18.1 Å². The molecule has 0 saturated carbocycles. The van der Waals surface area contributed by atoms with Crippen molar-refractivity contribution in [2.75, 3.05) is 5.32 Å². The Bertz CT molecular complexity index is 951. The second-order valence-corrected chi connectivity index (χ2v) is 6.74. The van der Waals surface area contributed by atoms with E-state index >= 15 is 0 Å². The number of hydrogen-bond donors (Lipinski definition) is 2. The summed E-state index contributed by atoms with van der Waals surface area (Å²) in [6.07, 6.45) is -3.26. The Hall–Kier alpha value is -2.94. The lowest BCUT2D eigenvalue weighted by Gasteiger charge is -2.10. The van der Waals surface area contributed by atoms with Crippen molar-refractivity contribution in [3.8, 4) is 0 Å². The Kier molecular flexibility index (Phi) is 5.41. The summed E-state index contributed by atoms with van der Waals surface area (Å²) in [5.41, 5.74) is 2.60. The zero-order chi connectivity index (χ0) is 19.4. The fourth-order valence-corrected chi connectivity index (χ4v) is 3.20. The quantitative estimate of drug-likeness (QED) is 0.504. The maximum absolute atomic E-state index is 12.7. The molecule has 27 heavy (non-hydrogen) atoms. The number of anilines is 1. The topological polar surface area (TPSA) is 66.4 Å². The zero-order valence-electron chi connectivity index (χ0n) is 14.1. The van der Waals surface area contributed by atoms with Crippen molar-refractivity contribution < 1.29 is 18.0 Å². The fraction of sp³-hybridized carbons (Fsp3) is 0.167. The minimum atomic E-state index is -4.43. The van der Waals surface area contributed by atoms with Crippen LogP contribution >= 0.6 is 11.3 Å². The number of carbonyl (C=O) groups is 1. The molecule has 1 heterocycles. The highest BCUT2D eigenvalue weighted by Gasteiger charge is 2.30. The van der Waals surface area contributed by atoms with Crippen molar-refractivity contribution in [2.24, 2.45) is 5.10 Å². The molecule has 9 heteroatoms. The second-order valence-electron chi connectivity index (χ2n) is 5.71. The van der Waals surface area contributed by atoms with Crippen molar-refractivity contribution in [3.63, 3.8) is 0 Å². The number of nitrogens with one attached hydrogen (secondary N) is 2. The molecule has 1 aromatic heterocycles. The Balaban J connectivity index is 1.59. The zero-order valence-corrected chi connectivity index (χ0v) is 14.9. The Morgan fingerprint density at radius 2 is 2.00 bits per heavy atom. The molecule has 2 N–H and O–H groups in total. The number of halogens is 3. The van der Waals surface area contributed by atoms with Crippen LogP contribution in [0, 0.1) is 0 Å². The molecule has 0 saturated heterocycles. The number of thiazole rings is 1. The van der Waals surface area contributed by atoms with E-state index in [0.29, 0.717) is 5.13 Å². The lowest BCUT2D eigenvalue weighted by Crippen LogP contribution is -2.34. The summed E-state index contributed by atoms with van der Waals surface area (Å²) < 4.78 is 39.0. The van der Waals surface area contributed by atoms with E-state index in [-0.39, 0.29) is 5.56 Å². The third kappa shape index (κ3) is 4.82. The van der Waals surface area contributed by atoms with Gasteiger partial charge in [0.1, 0.15) is 6.04 Å². The summed E-state index contributed by atoms with van der Waals surface area (Å²) >= 11 is 1.42. The van der Waals surface area contributed by atoms with Gasteiger partial charge in [-0.15, -0.1) is 0 Å². The van der Waals surface area contributed by atoms with Gasteiger partial charge in [-0.2, -0.15) is 18.3 Å². The largest absolute Gasteiger partial charge is 0.416 e. The van der Waals surface area contributed by atoms with Crippen LogP contribution in [0.15, 0.2) is 53.6 Å². The van der Waals surface area contributed by atoms with Gasteiger partial charge in [-0.25, -0.2) is 10.4 Å². The van der Waals surface area contributed by atoms with Crippen LogP contribution in [-0.4, -0.2) is 23.1 Å². The van der Waals surface area contributed by atoms with Gasteiger partial charge in [-0.1, -0.05) is 35.6 Å². The van der Waals surface area contributed by atoms with Crippen LogP contribution in [0.3, 0.4) is 0 Å².